The van der Waals surface area contributed by atoms with Crippen LogP contribution in [0.1, 0.15) is 0 Å². The maximum atomic E-state index is 8.93. The Hall–Kier alpha value is -0.621. The summed E-state index contributed by atoms with van der Waals surface area (Å²) < 4.78 is 0. The van der Waals surface area contributed by atoms with Crippen LogP contribution in [0.4, 0.5) is 0 Å². The van der Waals surface area contributed by atoms with Crippen LogP contribution in [0, 0.1) is 0 Å². The molecular formula is C2H4FeO6. The molecule has 0 aromatic heterocycles. The fraction of sp³-hybridized carbons (Fsp3) is 0. The molecule has 0 aromatic rings. The second-order valence-electron chi connectivity index (χ2n) is 0.575. The average molecular weight is 180 g/mol. The number of hydrogen-bond donors (Lipinski definition) is 0. The maximum Gasteiger partial charge on any atom is 2.00 e. The van der Waals surface area contributed by atoms with Crippen molar-refractivity contribution in [1.29, 1.82) is 0 Å². The Bertz CT molecular complexity index is 77.1. The van der Waals surface area contributed by atoms with Gasteiger partial charge < -0.3 is 30.8 Å². The van der Waals surface area contributed by atoms with Gasteiger partial charge in [-0.25, -0.2) is 0 Å². The van der Waals surface area contributed by atoms with Gasteiger partial charge in [0.2, 0.25) is 0 Å². The third-order valence-electron chi connectivity index (χ3n) is 0.167. The summed E-state index contributed by atoms with van der Waals surface area (Å²) in [6.07, 6.45) is 0. The van der Waals surface area contributed by atoms with Gasteiger partial charge >= 0.3 is 17.1 Å². The zero-order valence-electron chi connectivity index (χ0n) is 3.99. The third kappa shape index (κ3) is 18.7. The van der Waals surface area contributed by atoms with E-state index in [9.17, 15) is 0 Å². The summed E-state index contributed by atoms with van der Waals surface area (Å²) in [5.74, 6) is -4.37. The van der Waals surface area contributed by atoms with Gasteiger partial charge in [-0.15, -0.1) is 0 Å². The fourth-order valence-corrected chi connectivity index (χ4v) is 0. The zero-order valence-corrected chi connectivity index (χ0v) is 5.09. The molecule has 0 radical (unpaired) electrons. The molecule has 0 aliphatic carbocycles. The van der Waals surface area contributed by atoms with E-state index in [1.807, 2.05) is 0 Å². The van der Waals surface area contributed by atoms with E-state index < -0.39 is 11.9 Å². The van der Waals surface area contributed by atoms with Crippen LogP contribution in [0.2, 0.25) is 0 Å². The monoisotopic (exact) mass is 180 g/mol. The third-order valence-corrected chi connectivity index (χ3v) is 0.167. The number of rotatable bonds is 0. The van der Waals surface area contributed by atoms with Gasteiger partial charge in [0.15, 0.2) is 0 Å². The largest absolute Gasteiger partial charge is 2.00 e. The van der Waals surface area contributed by atoms with E-state index >= 15 is 0 Å². The van der Waals surface area contributed by atoms with Crippen molar-refractivity contribution in [2.45, 2.75) is 0 Å². The standard InChI is InChI=1S/C2H2O4.Fe.2H2O/c3-1(4)2(5)6;;;/h(H,3,4)(H,5,6);;2*1H2/q;+2;;/p-2. The number of carbonyl (C=O) groups is 2. The molecule has 6 nitrogen and oxygen atoms in total. The summed E-state index contributed by atoms with van der Waals surface area (Å²) in [4.78, 5) is 17.9. The van der Waals surface area contributed by atoms with Gasteiger partial charge in [-0.3, -0.25) is 0 Å². The molecule has 0 aliphatic rings. The van der Waals surface area contributed by atoms with Crippen molar-refractivity contribution in [1.82, 2.24) is 0 Å². The molecule has 0 rings (SSSR count). The second kappa shape index (κ2) is 10.4. The van der Waals surface area contributed by atoms with Gasteiger partial charge in [-0.2, -0.15) is 0 Å². The van der Waals surface area contributed by atoms with Gasteiger partial charge in [-0.1, -0.05) is 0 Å². The van der Waals surface area contributed by atoms with E-state index in [-0.39, 0.29) is 28.0 Å². The van der Waals surface area contributed by atoms with Gasteiger partial charge in [0, 0.05) is 0 Å². The van der Waals surface area contributed by atoms with Crippen LogP contribution in [-0.2, 0) is 26.7 Å². The first kappa shape index (κ1) is 23.8. The van der Waals surface area contributed by atoms with Crippen LogP contribution < -0.4 is 10.2 Å². The van der Waals surface area contributed by atoms with E-state index in [2.05, 4.69) is 0 Å². The summed E-state index contributed by atoms with van der Waals surface area (Å²) in [6, 6.07) is 0. The predicted octanol–water partition coefficient (Wildman–Crippen LogP) is -5.17. The second-order valence-corrected chi connectivity index (χ2v) is 0.575. The summed E-state index contributed by atoms with van der Waals surface area (Å²) >= 11 is 0. The molecule has 7 heteroatoms. The normalized spacial score (nSPS) is 4.89. The average Bonchev–Trinajstić information content (AvgIpc) is 1.36. The Morgan fingerprint density at radius 2 is 1.00 bits per heavy atom. The van der Waals surface area contributed by atoms with E-state index in [1.165, 1.54) is 0 Å². The molecule has 0 unspecified atom stereocenters. The van der Waals surface area contributed by atoms with Crippen molar-refractivity contribution in [3.05, 3.63) is 0 Å². The molecule has 0 amide bonds. The number of carboxylic acid groups (broad SMARTS) is 2. The van der Waals surface area contributed by atoms with Crippen molar-refractivity contribution in [3.8, 4) is 0 Å². The van der Waals surface area contributed by atoms with Crippen LogP contribution in [0.25, 0.3) is 0 Å². The Morgan fingerprint density at radius 3 is 1.00 bits per heavy atom. The number of carboxylic acids is 2. The van der Waals surface area contributed by atoms with Crippen LogP contribution in [0.3, 0.4) is 0 Å². The molecule has 0 aromatic carbocycles. The summed E-state index contributed by atoms with van der Waals surface area (Å²) in [6.45, 7) is 0. The summed E-state index contributed by atoms with van der Waals surface area (Å²) in [5.41, 5.74) is 0. The molecule has 56 valence electrons. The molecule has 0 saturated carbocycles. The zero-order chi connectivity index (χ0) is 5.15. The van der Waals surface area contributed by atoms with Gasteiger partial charge in [0.1, 0.15) is 0 Å². The first-order valence-corrected chi connectivity index (χ1v) is 1.07. The van der Waals surface area contributed by atoms with Gasteiger partial charge in [0.05, 0.1) is 11.9 Å². The topological polar surface area (TPSA) is 143 Å². The Labute approximate surface area is 60.6 Å². The molecule has 9 heavy (non-hydrogen) atoms. The van der Waals surface area contributed by atoms with Crippen LogP contribution in [-0.4, -0.2) is 22.9 Å². The Kier molecular flexibility index (Phi) is 27.4. The first-order valence-electron chi connectivity index (χ1n) is 1.07. The van der Waals surface area contributed by atoms with Crippen molar-refractivity contribution >= 4 is 11.9 Å². The Morgan fingerprint density at radius 1 is 0.889 bits per heavy atom. The smallest absolute Gasteiger partial charge is 0.543 e. The number of hydrogen-bond acceptors (Lipinski definition) is 4. The molecule has 0 spiro atoms. The first-order chi connectivity index (χ1) is 2.64. The maximum absolute atomic E-state index is 8.93. The minimum Gasteiger partial charge on any atom is -0.543 e. The van der Waals surface area contributed by atoms with Crippen LogP contribution in [0.15, 0.2) is 0 Å². The van der Waals surface area contributed by atoms with E-state index in [1.54, 1.807) is 0 Å². The quantitative estimate of drug-likeness (QED) is 0.271. The van der Waals surface area contributed by atoms with Crippen LogP contribution >= 0.6 is 0 Å². The molecule has 4 N–H and O–H groups in total. The molecule has 0 bridgehead atoms. The van der Waals surface area contributed by atoms with Crippen molar-refractivity contribution in [2.75, 3.05) is 0 Å². The van der Waals surface area contributed by atoms with Crippen molar-refractivity contribution in [2.24, 2.45) is 0 Å². The van der Waals surface area contributed by atoms with E-state index in [0.717, 1.165) is 0 Å². The van der Waals surface area contributed by atoms with E-state index in [4.69, 9.17) is 19.8 Å². The van der Waals surface area contributed by atoms with Gasteiger partial charge in [-0.05, 0) is 0 Å². The van der Waals surface area contributed by atoms with Crippen molar-refractivity contribution in [3.63, 3.8) is 0 Å². The molecule has 0 aliphatic heterocycles. The summed E-state index contributed by atoms with van der Waals surface area (Å²) in [7, 11) is 0. The van der Waals surface area contributed by atoms with Crippen molar-refractivity contribution < 1.29 is 47.8 Å². The van der Waals surface area contributed by atoms with Crippen LogP contribution in [0.5, 0.6) is 0 Å². The van der Waals surface area contributed by atoms with E-state index in [0.29, 0.717) is 0 Å². The molecule has 0 heterocycles. The Balaban J connectivity index is -0.0000000417. The number of aliphatic carboxylic acids is 2. The minimum atomic E-state index is -2.19. The minimum absolute atomic E-state index is 0. The molecule has 0 fully saturated rings. The SMILES string of the molecule is O.O.O=C([O-])C(=O)[O-].[Fe+2]. The molecular weight excluding hydrogens is 176 g/mol. The molecule has 0 atom stereocenters. The fourth-order valence-electron chi connectivity index (χ4n) is 0. The molecule has 0 saturated heterocycles. The predicted molar refractivity (Wildman–Crippen MR) is 17.2 cm³/mol. The summed E-state index contributed by atoms with van der Waals surface area (Å²) in [5, 5.41) is 17.9. The van der Waals surface area contributed by atoms with Gasteiger partial charge in [0.25, 0.3) is 0 Å². The number of carbonyl (C=O) groups excluding carboxylic acids is 2.